The monoisotopic (exact) mass is 396 g/mol. The minimum absolute atomic E-state index is 0.0579. The number of likely N-dealkylation sites (tertiary alicyclic amines) is 1. The average Bonchev–Trinajstić information content (AvgIpc) is 3.26. The van der Waals surface area contributed by atoms with Crippen LogP contribution < -0.4 is 10.1 Å². The SMILES string of the molecule is O=C(NCc1cccc(C(=O)N2CCCC2)c1)C1=Cc2cc(Cl)ccc2OC1. The number of ether oxygens (including phenoxy) is 1. The van der Waals surface area contributed by atoms with Crippen molar-refractivity contribution in [2.75, 3.05) is 19.7 Å². The Hall–Kier alpha value is -2.79. The smallest absolute Gasteiger partial charge is 0.253 e. The van der Waals surface area contributed by atoms with Crippen LogP contribution in [-0.4, -0.2) is 36.4 Å². The van der Waals surface area contributed by atoms with E-state index in [4.69, 9.17) is 16.3 Å². The first-order chi connectivity index (χ1) is 13.6. The number of carbonyl (C=O) groups excluding carboxylic acids is 2. The second-order valence-corrected chi connectivity index (χ2v) is 7.46. The summed E-state index contributed by atoms with van der Waals surface area (Å²) in [4.78, 5) is 26.9. The molecule has 4 rings (SSSR count). The van der Waals surface area contributed by atoms with Crippen molar-refractivity contribution >= 4 is 29.5 Å². The minimum atomic E-state index is -0.193. The van der Waals surface area contributed by atoms with Gasteiger partial charge < -0.3 is 15.0 Å². The Balaban J connectivity index is 1.41. The molecule has 0 saturated carbocycles. The molecule has 0 unspecified atom stereocenters. The summed E-state index contributed by atoms with van der Waals surface area (Å²) in [5.41, 5.74) is 2.89. The summed E-state index contributed by atoms with van der Waals surface area (Å²) in [5.74, 6) is 0.582. The molecule has 0 spiro atoms. The number of benzene rings is 2. The number of rotatable bonds is 4. The number of hydrogen-bond acceptors (Lipinski definition) is 3. The number of halogens is 1. The molecule has 2 aliphatic heterocycles. The Morgan fingerprint density at radius 1 is 1.11 bits per heavy atom. The second kappa shape index (κ2) is 8.07. The van der Waals surface area contributed by atoms with E-state index in [2.05, 4.69) is 5.32 Å². The van der Waals surface area contributed by atoms with Crippen molar-refractivity contribution < 1.29 is 14.3 Å². The molecule has 6 heteroatoms. The lowest BCUT2D eigenvalue weighted by Crippen LogP contribution is -2.29. The van der Waals surface area contributed by atoms with Gasteiger partial charge in [0.05, 0.1) is 5.57 Å². The molecule has 2 aromatic rings. The maximum absolute atomic E-state index is 12.5. The summed E-state index contributed by atoms with van der Waals surface area (Å²) in [7, 11) is 0. The van der Waals surface area contributed by atoms with Crippen molar-refractivity contribution in [1.29, 1.82) is 0 Å². The Labute approximate surface area is 168 Å². The number of nitrogens with zero attached hydrogens (tertiary/aromatic N) is 1. The number of carbonyl (C=O) groups is 2. The van der Waals surface area contributed by atoms with E-state index in [1.807, 2.05) is 29.2 Å². The van der Waals surface area contributed by atoms with Gasteiger partial charge in [-0.05, 0) is 54.8 Å². The van der Waals surface area contributed by atoms with Crippen LogP contribution >= 0.6 is 11.6 Å². The van der Waals surface area contributed by atoms with E-state index in [-0.39, 0.29) is 18.4 Å². The van der Waals surface area contributed by atoms with Crippen LogP contribution in [-0.2, 0) is 11.3 Å². The van der Waals surface area contributed by atoms with Crippen molar-refractivity contribution in [2.45, 2.75) is 19.4 Å². The van der Waals surface area contributed by atoms with Crippen LogP contribution in [0, 0.1) is 0 Å². The largest absolute Gasteiger partial charge is 0.488 e. The third-order valence-corrected chi connectivity index (χ3v) is 5.23. The molecule has 1 saturated heterocycles. The topological polar surface area (TPSA) is 58.6 Å². The molecular weight excluding hydrogens is 376 g/mol. The van der Waals surface area contributed by atoms with Gasteiger partial charge in [0.1, 0.15) is 12.4 Å². The van der Waals surface area contributed by atoms with Crippen molar-refractivity contribution in [3.63, 3.8) is 0 Å². The summed E-state index contributed by atoms with van der Waals surface area (Å²) in [6.07, 6.45) is 3.92. The number of hydrogen-bond donors (Lipinski definition) is 1. The fraction of sp³-hybridized carbons (Fsp3) is 0.273. The van der Waals surface area contributed by atoms with E-state index in [1.165, 1.54) is 0 Å². The summed E-state index contributed by atoms with van der Waals surface area (Å²) in [5, 5.41) is 3.50. The molecule has 0 aliphatic carbocycles. The molecule has 2 aliphatic rings. The highest BCUT2D eigenvalue weighted by molar-refractivity contribution is 6.30. The molecule has 5 nitrogen and oxygen atoms in total. The molecule has 144 valence electrons. The van der Waals surface area contributed by atoms with E-state index < -0.39 is 0 Å². The predicted molar refractivity (Wildman–Crippen MR) is 108 cm³/mol. The highest BCUT2D eigenvalue weighted by Crippen LogP contribution is 2.29. The van der Waals surface area contributed by atoms with E-state index in [9.17, 15) is 9.59 Å². The molecule has 2 amide bonds. The highest BCUT2D eigenvalue weighted by atomic mass is 35.5. The third kappa shape index (κ3) is 4.04. The first-order valence-electron chi connectivity index (χ1n) is 9.39. The van der Waals surface area contributed by atoms with Crippen LogP contribution in [0.3, 0.4) is 0 Å². The fourth-order valence-electron chi connectivity index (χ4n) is 3.49. The molecule has 0 radical (unpaired) electrons. The quantitative estimate of drug-likeness (QED) is 0.857. The maximum Gasteiger partial charge on any atom is 0.253 e. The number of nitrogens with one attached hydrogen (secondary N) is 1. The van der Waals surface area contributed by atoms with Gasteiger partial charge in [0.25, 0.3) is 11.8 Å². The lowest BCUT2D eigenvalue weighted by atomic mass is 10.1. The van der Waals surface area contributed by atoms with Crippen LogP contribution in [0.2, 0.25) is 5.02 Å². The number of fused-ring (bicyclic) bond motifs is 1. The normalized spacial score (nSPS) is 15.5. The summed E-state index contributed by atoms with van der Waals surface area (Å²) in [6, 6.07) is 12.8. The highest BCUT2D eigenvalue weighted by Gasteiger charge is 2.20. The zero-order valence-corrected chi connectivity index (χ0v) is 16.2. The van der Waals surface area contributed by atoms with Crippen molar-refractivity contribution in [1.82, 2.24) is 10.2 Å². The van der Waals surface area contributed by atoms with Gasteiger partial charge in [0.2, 0.25) is 0 Å². The van der Waals surface area contributed by atoms with Gasteiger partial charge in [-0.2, -0.15) is 0 Å². The van der Waals surface area contributed by atoms with Gasteiger partial charge in [-0.1, -0.05) is 23.7 Å². The van der Waals surface area contributed by atoms with E-state index in [0.29, 0.717) is 28.5 Å². The van der Waals surface area contributed by atoms with Crippen LogP contribution in [0.15, 0.2) is 48.0 Å². The van der Waals surface area contributed by atoms with Crippen LogP contribution in [0.4, 0.5) is 0 Å². The Bertz CT molecular complexity index is 949. The Kier molecular flexibility index (Phi) is 5.35. The van der Waals surface area contributed by atoms with E-state index in [1.54, 1.807) is 24.3 Å². The van der Waals surface area contributed by atoms with Crippen molar-refractivity contribution in [2.24, 2.45) is 0 Å². The predicted octanol–water partition coefficient (Wildman–Crippen LogP) is 3.67. The molecule has 1 N–H and O–H groups in total. The van der Waals surface area contributed by atoms with Gasteiger partial charge in [0, 0.05) is 35.8 Å². The fourth-order valence-corrected chi connectivity index (χ4v) is 3.67. The summed E-state index contributed by atoms with van der Waals surface area (Å²) < 4.78 is 5.63. The van der Waals surface area contributed by atoms with Crippen molar-refractivity contribution in [3.8, 4) is 5.75 Å². The standard InChI is InChI=1S/C22H21ClN2O3/c23-19-6-7-20-17(12-19)11-18(14-28-20)21(26)24-13-15-4-3-5-16(10-15)22(27)25-8-1-2-9-25/h3-7,10-12H,1-2,8-9,13-14H2,(H,24,26). The van der Waals surface area contributed by atoms with E-state index >= 15 is 0 Å². The van der Waals surface area contributed by atoms with Gasteiger partial charge in [-0.25, -0.2) is 0 Å². The van der Waals surface area contributed by atoms with Crippen LogP contribution in [0.5, 0.6) is 5.75 Å². The third-order valence-electron chi connectivity index (χ3n) is 5.00. The van der Waals surface area contributed by atoms with Crippen molar-refractivity contribution in [3.05, 3.63) is 69.8 Å². The first kappa shape index (κ1) is 18.6. The number of amides is 2. The lowest BCUT2D eigenvalue weighted by Gasteiger charge is -2.18. The minimum Gasteiger partial charge on any atom is -0.488 e. The molecule has 28 heavy (non-hydrogen) atoms. The maximum atomic E-state index is 12.5. The first-order valence-corrected chi connectivity index (χ1v) is 9.77. The second-order valence-electron chi connectivity index (χ2n) is 7.02. The van der Waals surface area contributed by atoms with Crippen LogP contribution in [0.1, 0.15) is 34.3 Å². The molecule has 0 bridgehead atoms. The molecule has 2 aromatic carbocycles. The zero-order chi connectivity index (χ0) is 19.5. The summed E-state index contributed by atoms with van der Waals surface area (Å²) >= 11 is 6.02. The lowest BCUT2D eigenvalue weighted by molar-refractivity contribution is -0.117. The van der Waals surface area contributed by atoms with E-state index in [0.717, 1.165) is 37.1 Å². The average molecular weight is 397 g/mol. The molecule has 2 heterocycles. The summed E-state index contributed by atoms with van der Waals surface area (Å²) in [6.45, 7) is 2.20. The van der Waals surface area contributed by atoms with Gasteiger partial charge in [-0.3, -0.25) is 9.59 Å². The molecular formula is C22H21ClN2O3. The molecule has 0 aromatic heterocycles. The molecule has 0 atom stereocenters. The molecule has 1 fully saturated rings. The Morgan fingerprint density at radius 3 is 2.75 bits per heavy atom. The van der Waals surface area contributed by atoms with Gasteiger partial charge in [0.15, 0.2) is 0 Å². The Morgan fingerprint density at radius 2 is 1.93 bits per heavy atom. The zero-order valence-electron chi connectivity index (χ0n) is 15.4. The van der Waals surface area contributed by atoms with Crippen LogP contribution in [0.25, 0.3) is 6.08 Å². The van der Waals surface area contributed by atoms with Gasteiger partial charge >= 0.3 is 0 Å². The van der Waals surface area contributed by atoms with Gasteiger partial charge in [-0.15, -0.1) is 0 Å².